The number of benzene rings is 1. The minimum Gasteiger partial charge on any atom is -0.478 e. The van der Waals surface area contributed by atoms with E-state index in [1.807, 2.05) is 0 Å². The van der Waals surface area contributed by atoms with E-state index in [9.17, 15) is 13.2 Å². The molecule has 0 aliphatic rings. The summed E-state index contributed by atoms with van der Waals surface area (Å²) >= 11 is 0. The second-order valence-corrected chi connectivity index (χ2v) is 3.95. The van der Waals surface area contributed by atoms with Gasteiger partial charge in [-0.25, -0.2) is 4.79 Å². The molecule has 0 aliphatic heterocycles. The number of rotatable bonds is 2. The Morgan fingerprint density at radius 1 is 1.33 bits per heavy atom. The van der Waals surface area contributed by atoms with Crippen LogP contribution in [0.1, 0.15) is 10.4 Å². The van der Waals surface area contributed by atoms with Crippen LogP contribution in [0.25, 0.3) is 0 Å². The summed E-state index contributed by atoms with van der Waals surface area (Å²) in [5.41, 5.74) is 4.84. The Hall–Kier alpha value is -0.600. The molecule has 0 amide bonds. The van der Waals surface area contributed by atoms with E-state index in [1.54, 1.807) is 0 Å². The molecule has 0 aromatic heterocycles. The fourth-order valence-corrected chi connectivity index (χ4v) is 1.41. The molecular formula is C7H7NNaO5S. The largest absolute Gasteiger partial charge is 0.478 e. The van der Waals surface area contributed by atoms with Crippen LogP contribution in [0.4, 0.5) is 5.69 Å². The maximum Gasteiger partial charge on any atom is 0.337 e. The number of aromatic carboxylic acids is 1. The van der Waals surface area contributed by atoms with Crippen molar-refractivity contribution in [2.45, 2.75) is 4.90 Å². The van der Waals surface area contributed by atoms with Gasteiger partial charge in [-0.2, -0.15) is 8.42 Å². The molecule has 1 aromatic carbocycles. The molecule has 15 heavy (non-hydrogen) atoms. The maximum atomic E-state index is 10.6. The van der Waals surface area contributed by atoms with Crippen molar-refractivity contribution in [3.05, 3.63) is 23.8 Å². The molecule has 1 rings (SSSR count). The monoisotopic (exact) mass is 240 g/mol. The number of nitrogens with two attached hydrogens (primary N) is 1. The van der Waals surface area contributed by atoms with Crippen molar-refractivity contribution < 1.29 is 22.9 Å². The maximum absolute atomic E-state index is 10.6. The van der Waals surface area contributed by atoms with Gasteiger partial charge in [-0.3, -0.25) is 4.55 Å². The van der Waals surface area contributed by atoms with Gasteiger partial charge in [-0.05, 0) is 18.2 Å². The van der Waals surface area contributed by atoms with Crippen molar-refractivity contribution in [2.75, 3.05) is 5.73 Å². The zero-order valence-electron chi connectivity index (χ0n) is 7.84. The minimum atomic E-state index is -4.34. The van der Waals surface area contributed by atoms with Gasteiger partial charge in [0.05, 0.1) is 10.5 Å². The van der Waals surface area contributed by atoms with E-state index in [1.165, 1.54) is 0 Å². The Morgan fingerprint density at radius 2 is 1.87 bits per heavy atom. The quantitative estimate of drug-likeness (QED) is 0.375. The van der Waals surface area contributed by atoms with Crippen LogP contribution in [0.3, 0.4) is 0 Å². The van der Waals surface area contributed by atoms with Crippen molar-refractivity contribution in [3.8, 4) is 0 Å². The second kappa shape index (κ2) is 4.95. The second-order valence-electron chi connectivity index (χ2n) is 2.53. The van der Waals surface area contributed by atoms with E-state index < -0.39 is 21.0 Å². The summed E-state index contributed by atoms with van der Waals surface area (Å²) < 4.78 is 29.8. The van der Waals surface area contributed by atoms with Crippen molar-refractivity contribution in [2.24, 2.45) is 0 Å². The fourth-order valence-electron chi connectivity index (χ4n) is 0.896. The number of carboxylic acids is 1. The van der Waals surface area contributed by atoms with Gasteiger partial charge in [0.25, 0.3) is 10.1 Å². The Bertz CT molecular complexity index is 484. The minimum absolute atomic E-state index is 0. The average Bonchev–Trinajstić information content (AvgIpc) is 2.01. The number of anilines is 1. The first-order chi connectivity index (χ1) is 6.32. The molecule has 77 valence electrons. The van der Waals surface area contributed by atoms with Gasteiger partial charge in [0.15, 0.2) is 0 Å². The number of carboxylic acid groups (broad SMARTS) is 1. The molecule has 0 aliphatic carbocycles. The number of carbonyl (C=O) groups is 1. The standard InChI is InChI=1S/C7H7NO5S.Na/c8-6-3-4(14(11,12)13)1-2-5(6)7(9)10;/h1-3H,8H2,(H,9,10)(H,11,12,13);. The molecule has 0 saturated heterocycles. The SMILES string of the molecule is Nc1cc(S(=O)(=O)O)ccc1C(=O)O.[Na]. The molecule has 6 nitrogen and oxygen atoms in total. The summed E-state index contributed by atoms with van der Waals surface area (Å²) in [5.74, 6) is -1.26. The van der Waals surface area contributed by atoms with Crippen LogP contribution in [-0.4, -0.2) is 53.6 Å². The normalized spacial score (nSPS) is 10.5. The zero-order valence-corrected chi connectivity index (χ0v) is 10.7. The Labute approximate surface area is 108 Å². The third-order valence-electron chi connectivity index (χ3n) is 1.55. The Morgan fingerprint density at radius 3 is 2.20 bits per heavy atom. The number of hydrogen-bond donors (Lipinski definition) is 3. The van der Waals surface area contributed by atoms with Crippen LogP contribution < -0.4 is 5.73 Å². The zero-order chi connectivity index (χ0) is 10.9. The Kier molecular flexibility index (Phi) is 4.75. The van der Waals surface area contributed by atoms with E-state index >= 15 is 0 Å². The van der Waals surface area contributed by atoms with Gasteiger partial charge in [0, 0.05) is 35.2 Å². The molecule has 4 N–H and O–H groups in total. The van der Waals surface area contributed by atoms with E-state index in [0.717, 1.165) is 18.2 Å². The molecule has 0 unspecified atom stereocenters. The smallest absolute Gasteiger partial charge is 0.337 e. The molecule has 0 saturated carbocycles. The number of nitrogen functional groups attached to an aromatic ring is 1. The van der Waals surface area contributed by atoms with Crippen molar-refractivity contribution in [1.82, 2.24) is 0 Å². The molecule has 0 bridgehead atoms. The first-order valence-corrected chi connectivity index (χ1v) is 4.86. The molecule has 0 heterocycles. The molecule has 1 radical (unpaired) electrons. The van der Waals surface area contributed by atoms with Crippen LogP contribution in [0, 0.1) is 0 Å². The van der Waals surface area contributed by atoms with Gasteiger partial charge in [0.1, 0.15) is 0 Å². The van der Waals surface area contributed by atoms with E-state index in [4.69, 9.17) is 15.4 Å². The Balaban J connectivity index is 0.00000196. The van der Waals surface area contributed by atoms with Gasteiger partial charge >= 0.3 is 5.97 Å². The first kappa shape index (κ1) is 14.4. The van der Waals surface area contributed by atoms with Crippen molar-refractivity contribution in [3.63, 3.8) is 0 Å². The molecule has 1 aromatic rings. The van der Waals surface area contributed by atoms with Gasteiger partial charge in [-0.15, -0.1) is 0 Å². The van der Waals surface area contributed by atoms with Gasteiger partial charge in [0.2, 0.25) is 0 Å². The third-order valence-corrected chi connectivity index (χ3v) is 2.40. The first-order valence-electron chi connectivity index (χ1n) is 3.42. The van der Waals surface area contributed by atoms with Gasteiger partial charge in [-0.1, -0.05) is 0 Å². The van der Waals surface area contributed by atoms with Crippen LogP contribution in [0.15, 0.2) is 23.1 Å². The summed E-state index contributed by atoms with van der Waals surface area (Å²) in [6.07, 6.45) is 0. The molecule has 8 heteroatoms. The van der Waals surface area contributed by atoms with Crippen LogP contribution in [0.5, 0.6) is 0 Å². The summed E-state index contributed by atoms with van der Waals surface area (Å²) in [6.45, 7) is 0. The van der Waals surface area contributed by atoms with E-state index in [2.05, 4.69) is 0 Å². The van der Waals surface area contributed by atoms with Crippen LogP contribution >= 0.6 is 0 Å². The predicted molar refractivity (Wildman–Crippen MR) is 53.4 cm³/mol. The van der Waals surface area contributed by atoms with Crippen LogP contribution in [-0.2, 0) is 10.1 Å². The van der Waals surface area contributed by atoms with Crippen molar-refractivity contribution >= 4 is 51.3 Å². The summed E-state index contributed by atoms with van der Waals surface area (Å²) in [6, 6.07) is 2.87. The average molecular weight is 240 g/mol. The molecular weight excluding hydrogens is 233 g/mol. The summed E-state index contributed by atoms with van der Waals surface area (Å²) in [5, 5.41) is 8.57. The van der Waals surface area contributed by atoms with E-state index in [0.29, 0.717) is 0 Å². The molecule has 0 atom stereocenters. The summed E-state index contributed by atoms with van der Waals surface area (Å²) in [4.78, 5) is 10.1. The predicted octanol–water partition coefficient (Wildman–Crippen LogP) is -0.167. The molecule has 0 spiro atoms. The fraction of sp³-hybridized carbons (Fsp3) is 0. The van der Waals surface area contributed by atoms with Crippen molar-refractivity contribution in [1.29, 1.82) is 0 Å². The topological polar surface area (TPSA) is 118 Å². The van der Waals surface area contributed by atoms with E-state index in [-0.39, 0.29) is 40.8 Å². The summed E-state index contributed by atoms with van der Waals surface area (Å²) in [7, 11) is -4.34. The number of hydrogen-bond acceptors (Lipinski definition) is 4. The molecule has 0 fully saturated rings. The third kappa shape index (κ3) is 3.47. The van der Waals surface area contributed by atoms with Crippen LogP contribution in [0.2, 0.25) is 0 Å². The van der Waals surface area contributed by atoms with Gasteiger partial charge < -0.3 is 10.8 Å².